The molecule has 1 aliphatic rings. The van der Waals surface area contributed by atoms with Crippen LogP contribution in [0.3, 0.4) is 0 Å². The van der Waals surface area contributed by atoms with E-state index in [1.165, 1.54) is 0 Å². The van der Waals surface area contributed by atoms with Gasteiger partial charge in [-0.1, -0.05) is 0 Å². The number of pyridine rings is 1. The van der Waals surface area contributed by atoms with Crippen molar-refractivity contribution < 1.29 is 8.78 Å². The summed E-state index contributed by atoms with van der Waals surface area (Å²) in [6.07, 6.45) is 3.16. The van der Waals surface area contributed by atoms with Crippen LogP contribution in [0.2, 0.25) is 0 Å². The molecule has 2 heterocycles. The van der Waals surface area contributed by atoms with Gasteiger partial charge in [0.1, 0.15) is 0 Å². The molecule has 2 nitrogen and oxygen atoms in total. The fourth-order valence-electron chi connectivity index (χ4n) is 1.57. The Morgan fingerprint density at radius 3 is 2.86 bits per heavy atom. The van der Waals surface area contributed by atoms with Gasteiger partial charge in [-0.2, -0.15) is 0 Å². The summed E-state index contributed by atoms with van der Waals surface area (Å²) < 4.78 is 26.6. The van der Waals surface area contributed by atoms with Crippen molar-refractivity contribution >= 4 is 21.6 Å². The molecule has 0 bridgehead atoms. The first-order valence-electron chi connectivity index (χ1n) is 4.31. The Kier molecular flexibility index (Phi) is 2.43. The van der Waals surface area contributed by atoms with Crippen molar-refractivity contribution in [2.75, 3.05) is 18.0 Å². The van der Waals surface area contributed by atoms with Gasteiger partial charge in [0.2, 0.25) is 0 Å². The highest BCUT2D eigenvalue weighted by molar-refractivity contribution is 9.10. The number of rotatable bonds is 1. The van der Waals surface area contributed by atoms with Gasteiger partial charge >= 0.3 is 0 Å². The van der Waals surface area contributed by atoms with Crippen LogP contribution in [-0.4, -0.2) is 24.0 Å². The third-order valence-corrected chi connectivity index (χ3v) is 2.87. The minimum atomic E-state index is -2.55. The summed E-state index contributed by atoms with van der Waals surface area (Å²) in [6, 6.07) is 1.74. The number of halogens is 3. The number of anilines is 1. The topological polar surface area (TPSA) is 16.1 Å². The average Bonchev–Trinajstić information content (AvgIpc) is 2.47. The van der Waals surface area contributed by atoms with Crippen molar-refractivity contribution in [2.24, 2.45) is 0 Å². The zero-order valence-electron chi connectivity index (χ0n) is 7.38. The van der Waals surface area contributed by atoms with Gasteiger partial charge in [0.25, 0.3) is 5.92 Å². The number of nitrogens with zero attached hydrogens (tertiary/aromatic N) is 2. The highest BCUT2D eigenvalue weighted by atomic mass is 79.9. The Morgan fingerprint density at radius 2 is 2.29 bits per heavy atom. The fourth-order valence-corrected chi connectivity index (χ4v) is 2.07. The lowest BCUT2D eigenvalue weighted by Gasteiger charge is -2.19. The van der Waals surface area contributed by atoms with E-state index in [2.05, 4.69) is 20.9 Å². The molecule has 2 rings (SSSR count). The molecule has 1 fully saturated rings. The van der Waals surface area contributed by atoms with Gasteiger partial charge in [0, 0.05) is 25.4 Å². The smallest absolute Gasteiger partial charge is 0.266 e. The lowest BCUT2D eigenvalue weighted by atomic mass is 10.3. The largest absolute Gasteiger partial charge is 0.364 e. The van der Waals surface area contributed by atoms with E-state index in [0.717, 1.165) is 10.2 Å². The fraction of sp³-hybridized carbons (Fsp3) is 0.444. The van der Waals surface area contributed by atoms with Crippen LogP contribution >= 0.6 is 15.9 Å². The Bertz CT molecular complexity index is 343. The monoisotopic (exact) mass is 262 g/mol. The zero-order chi connectivity index (χ0) is 10.2. The first-order chi connectivity index (χ1) is 6.58. The van der Waals surface area contributed by atoms with Crippen LogP contribution in [0.5, 0.6) is 0 Å². The minimum Gasteiger partial charge on any atom is -0.364 e. The molecular formula is C9H9BrF2N2. The summed E-state index contributed by atoms with van der Waals surface area (Å²) in [5.41, 5.74) is 0.789. The van der Waals surface area contributed by atoms with E-state index < -0.39 is 5.92 Å². The molecule has 0 atom stereocenters. The summed E-state index contributed by atoms with van der Waals surface area (Å²) in [5, 5.41) is 0. The van der Waals surface area contributed by atoms with Crippen LogP contribution in [0.4, 0.5) is 14.5 Å². The van der Waals surface area contributed by atoms with Gasteiger partial charge in [-0.3, -0.25) is 4.98 Å². The maximum absolute atomic E-state index is 12.9. The van der Waals surface area contributed by atoms with Gasteiger partial charge in [-0.15, -0.1) is 0 Å². The average molecular weight is 263 g/mol. The Labute approximate surface area is 89.1 Å². The van der Waals surface area contributed by atoms with Crippen LogP contribution < -0.4 is 4.90 Å². The third-order valence-electron chi connectivity index (χ3n) is 2.26. The molecule has 1 aromatic rings. The number of aromatic nitrogens is 1. The Morgan fingerprint density at radius 1 is 1.50 bits per heavy atom. The molecular weight excluding hydrogens is 254 g/mol. The summed E-state index contributed by atoms with van der Waals surface area (Å²) >= 11 is 3.29. The molecule has 0 amide bonds. The second-order valence-electron chi connectivity index (χ2n) is 3.35. The van der Waals surface area contributed by atoms with Crippen LogP contribution in [0.15, 0.2) is 22.9 Å². The summed E-state index contributed by atoms with van der Waals surface area (Å²) in [4.78, 5) is 5.56. The van der Waals surface area contributed by atoms with E-state index in [1.54, 1.807) is 23.4 Å². The molecule has 5 heteroatoms. The first-order valence-corrected chi connectivity index (χ1v) is 5.10. The van der Waals surface area contributed by atoms with Crippen LogP contribution in [-0.2, 0) is 0 Å². The molecule has 0 unspecified atom stereocenters. The maximum atomic E-state index is 12.9. The second-order valence-corrected chi connectivity index (χ2v) is 4.21. The van der Waals surface area contributed by atoms with Gasteiger partial charge in [-0.05, 0) is 22.0 Å². The van der Waals surface area contributed by atoms with Gasteiger partial charge in [0.15, 0.2) is 0 Å². The van der Waals surface area contributed by atoms with E-state index in [9.17, 15) is 8.78 Å². The van der Waals surface area contributed by atoms with Gasteiger partial charge in [0.05, 0.1) is 16.7 Å². The molecule has 76 valence electrons. The summed E-state index contributed by atoms with van der Waals surface area (Å²) in [7, 11) is 0. The maximum Gasteiger partial charge on any atom is 0.266 e. The molecule has 1 aromatic heterocycles. The Balaban J connectivity index is 2.22. The lowest BCUT2D eigenvalue weighted by Crippen LogP contribution is -2.25. The number of hydrogen-bond acceptors (Lipinski definition) is 2. The molecule has 14 heavy (non-hydrogen) atoms. The van der Waals surface area contributed by atoms with E-state index in [0.29, 0.717) is 6.54 Å². The van der Waals surface area contributed by atoms with Crippen molar-refractivity contribution in [2.45, 2.75) is 12.3 Å². The number of alkyl halides is 2. The molecule has 1 aliphatic heterocycles. The van der Waals surface area contributed by atoms with Crippen molar-refractivity contribution in [3.63, 3.8) is 0 Å². The molecule has 0 N–H and O–H groups in total. The number of hydrogen-bond donors (Lipinski definition) is 0. The molecule has 0 aromatic carbocycles. The van der Waals surface area contributed by atoms with E-state index >= 15 is 0 Å². The normalized spacial score (nSPS) is 20.1. The quantitative estimate of drug-likeness (QED) is 0.774. The van der Waals surface area contributed by atoms with Crippen LogP contribution in [0.1, 0.15) is 6.42 Å². The Hall–Kier alpha value is -0.710. The van der Waals surface area contributed by atoms with E-state index in [1.807, 2.05) is 0 Å². The molecule has 0 spiro atoms. The predicted molar refractivity (Wildman–Crippen MR) is 53.7 cm³/mol. The third kappa shape index (κ3) is 1.87. The molecule has 0 saturated carbocycles. The van der Waals surface area contributed by atoms with E-state index in [4.69, 9.17) is 0 Å². The second kappa shape index (κ2) is 3.46. The van der Waals surface area contributed by atoms with Crippen molar-refractivity contribution in [3.05, 3.63) is 22.9 Å². The van der Waals surface area contributed by atoms with Gasteiger partial charge in [-0.25, -0.2) is 8.78 Å². The molecule has 0 aliphatic carbocycles. The highest BCUT2D eigenvalue weighted by Crippen LogP contribution is 2.33. The van der Waals surface area contributed by atoms with Crippen molar-refractivity contribution in [1.82, 2.24) is 4.98 Å². The van der Waals surface area contributed by atoms with Crippen LogP contribution in [0.25, 0.3) is 0 Å². The minimum absolute atomic E-state index is 0.0677. The summed E-state index contributed by atoms with van der Waals surface area (Å²) in [5.74, 6) is -2.55. The van der Waals surface area contributed by atoms with Crippen LogP contribution in [0, 0.1) is 0 Å². The highest BCUT2D eigenvalue weighted by Gasteiger charge is 2.38. The van der Waals surface area contributed by atoms with Crippen molar-refractivity contribution in [3.8, 4) is 0 Å². The molecule has 1 saturated heterocycles. The summed E-state index contributed by atoms with van der Waals surface area (Å²) in [6.45, 7) is 0.200. The standard InChI is InChI=1S/C9H9BrF2N2/c10-7-5-13-3-1-8(7)14-4-2-9(11,12)6-14/h1,3,5H,2,4,6H2. The lowest BCUT2D eigenvalue weighted by molar-refractivity contribution is 0.0257. The van der Waals surface area contributed by atoms with Crippen molar-refractivity contribution in [1.29, 1.82) is 0 Å². The molecule has 0 radical (unpaired) electrons. The van der Waals surface area contributed by atoms with E-state index in [-0.39, 0.29) is 13.0 Å². The predicted octanol–water partition coefficient (Wildman–Crippen LogP) is 2.69. The SMILES string of the molecule is FC1(F)CCN(c2ccncc2Br)C1. The van der Waals surface area contributed by atoms with Gasteiger partial charge < -0.3 is 4.90 Å². The first kappa shape index (κ1) is 9.83. The zero-order valence-corrected chi connectivity index (χ0v) is 8.97.